The lowest BCUT2D eigenvalue weighted by molar-refractivity contribution is -0.973. The summed E-state index contributed by atoms with van der Waals surface area (Å²) in [6.07, 6.45) is 6.62. The number of carbonyl (C=O) groups is 1. The van der Waals surface area contributed by atoms with Gasteiger partial charge in [0.15, 0.2) is 0 Å². The van der Waals surface area contributed by atoms with Crippen LogP contribution in [0.4, 0.5) is 4.79 Å². The summed E-state index contributed by atoms with van der Waals surface area (Å²) >= 11 is 7.24. The van der Waals surface area contributed by atoms with Crippen molar-refractivity contribution in [2.75, 3.05) is 33.3 Å². The lowest BCUT2D eigenvalue weighted by Gasteiger charge is -2.48. The molecular weight excluding hydrogens is 696 g/mol. The van der Waals surface area contributed by atoms with Crippen LogP contribution in [0, 0.1) is 0 Å². The van der Waals surface area contributed by atoms with Gasteiger partial charge in [-0.3, -0.25) is 4.99 Å². The molecule has 3 aliphatic heterocycles. The molecule has 238 valence electrons. The molecule has 3 aliphatic rings. The molecule has 0 saturated carbocycles. The molecule has 2 atom stereocenters. The van der Waals surface area contributed by atoms with Gasteiger partial charge in [0.1, 0.15) is 36.5 Å². The zero-order valence-electron chi connectivity index (χ0n) is 26.4. The second-order valence-corrected chi connectivity index (χ2v) is 14.4. The van der Waals surface area contributed by atoms with Crippen molar-refractivity contribution in [3.8, 4) is 11.5 Å². The van der Waals surface area contributed by atoms with Crippen LogP contribution in [0.2, 0.25) is 0 Å². The van der Waals surface area contributed by atoms with Crippen molar-refractivity contribution in [1.82, 2.24) is 9.91 Å². The summed E-state index contributed by atoms with van der Waals surface area (Å²) in [6.45, 7) is 7.54. The van der Waals surface area contributed by atoms with E-state index >= 15 is 4.79 Å². The summed E-state index contributed by atoms with van der Waals surface area (Å²) in [5.41, 5.74) is 2.90. The van der Waals surface area contributed by atoms with Crippen LogP contribution < -0.4 is 9.47 Å². The van der Waals surface area contributed by atoms with Crippen molar-refractivity contribution in [3.63, 3.8) is 0 Å². The molecule has 2 amide bonds. The Kier molecular flexibility index (Phi) is 9.99. The summed E-state index contributed by atoms with van der Waals surface area (Å²) < 4.78 is 14.4. The van der Waals surface area contributed by atoms with Gasteiger partial charge in [0, 0.05) is 28.1 Å². The molecule has 0 aliphatic carbocycles. The minimum absolute atomic E-state index is 0.0691. The number of quaternary nitrogens is 1. The van der Waals surface area contributed by atoms with Crippen molar-refractivity contribution >= 4 is 43.7 Å². The van der Waals surface area contributed by atoms with Crippen LogP contribution >= 0.6 is 31.9 Å². The van der Waals surface area contributed by atoms with Crippen LogP contribution in [-0.2, 0) is 0 Å². The molecule has 0 N–H and O–H groups in total. The van der Waals surface area contributed by atoms with Gasteiger partial charge in [-0.2, -0.15) is 4.59 Å². The van der Waals surface area contributed by atoms with E-state index in [1.165, 1.54) is 6.42 Å². The maximum absolute atomic E-state index is 15.6. The summed E-state index contributed by atoms with van der Waals surface area (Å²) in [7, 11) is 1.66. The van der Waals surface area contributed by atoms with Gasteiger partial charge >= 0.3 is 6.03 Å². The van der Waals surface area contributed by atoms with E-state index < -0.39 is 0 Å². The van der Waals surface area contributed by atoms with Crippen molar-refractivity contribution in [3.05, 3.63) is 92.4 Å². The molecule has 0 spiro atoms. The number of amidine groups is 1. The fraction of sp³-hybridized carbons (Fsp3) is 0.444. The highest BCUT2D eigenvalue weighted by atomic mass is 79.9. The van der Waals surface area contributed by atoms with Gasteiger partial charge in [-0.25, -0.2) is 9.69 Å². The van der Waals surface area contributed by atoms with Crippen LogP contribution in [0.5, 0.6) is 11.5 Å². The fourth-order valence-electron chi connectivity index (χ4n) is 7.11. The first-order chi connectivity index (χ1) is 21.8. The second kappa shape index (κ2) is 14.0. The Labute approximate surface area is 284 Å². The third kappa shape index (κ3) is 6.59. The first-order valence-electron chi connectivity index (χ1n) is 16.2. The van der Waals surface area contributed by atoms with E-state index in [4.69, 9.17) is 14.5 Å². The lowest BCUT2D eigenvalue weighted by Crippen LogP contribution is -2.70. The smallest absolute Gasteiger partial charge is 0.445 e. The number of benzene rings is 3. The number of rotatable bonds is 7. The number of ether oxygens (including phenoxy) is 2. The predicted octanol–water partition coefficient (Wildman–Crippen LogP) is 9.07. The minimum atomic E-state index is -0.336. The second-order valence-electron chi connectivity index (χ2n) is 12.6. The Bertz CT molecular complexity index is 1510. The molecule has 0 bridgehead atoms. The molecule has 0 aromatic heterocycles. The van der Waals surface area contributed by atoms with E-state index in [1.807, 2.05) is 36.9 Å². The number of piperidine rings is 2. The zero-order valence-corrected chi connectivity index (χ0v) is 29.6. The first kappa shape index (κ1) is 32.2. The number of methoxy groups -OCH3 is 1. The minimum Gasteiger partial charge on any atom is -0.497 e. The van der Waals surface area contributed by atoms with Crippen molar-refractivity contribution < 1.29 is 18.9 Å². The van der Waals surface area contributed by atoms with E-state index in [0.29, 0.717) is 21.9 Å². The molecule has 2 fully saturated rings. The molecule has 2 saturated heterocycles. The number of hydrogen-bond donors (Lipinski definition) is 0. The van der Waals surface area contributed by atoms with E-state index in [1.54, 1.807) is 7.11 Å². The van der Waals surface area contributed by atoms with E-state index in [-0.39, 0.29) is 24.2 Å². The fourth-order valence-corrected chi connectivity index (χ4v) is 7.64. The van der Waals surface area contributed by atoms with Gasteiger partial charge in [-0.1, -0.05) is 62.5 Å². The molecule has 45 heavy (non-hydrogen) atoms. The van der Waals surface area contributed by atoms with E-state index in [9.17, 15) is 0 Å². The Morgan fingerprint density at radius 3 is 2.04 bits per heavy atom. The maximum atomic E-state index is 15.6. The molecule has 9 heteroatoms. The van der Waals surface area contributed by atoms with Gasteiger partial charge in [0.25, 0.3) is 0 Å². The standard InChI is InChI=1S/C36H43Br2N4O3/c1-25(2)45-32-24-30(44-3)18-19-31(32)35-39-33(26-10-14-28(37)15-11-26)34(27-12-16-29(38)17-13-27)41(35)36(43)42(22-8-5-9-23-42)40-20-6-4-7-21-40/h10-19,24-25,33-34H,4-9,20-23H2,1-3H3/q+1. The normalized spacial score (nSPS) is 21.9. The van der Waals surface area contributed by atoms with Gasteiger partial charge in [-0.05, 0) is 93.5 Å². The quantitative estimate of drug-likeness (QED) is 0.227. The number of likely N-dealkylation sites (tertiary alicyclic amines) is 1. The van der Waals surface area contributed by atoms with Gasteiger partial charge < -0.3 is 9.47 Å². The molecule has 6 rings (SSSR count). The maximum Gasteiger partial charge on any atom is 0.445 e. The molecule has 3 aromatic rings. The number of amides is 2. The van der Waals surface area contributed by atoms with Gasteiger partial charge in [0.2, 0.25) is 0 Å². The Hall–Kier alpha value is -2.72. The van der Waals surface area contributed by atoms with Crippen LogP contribution in [0.3, 0.4) is 0 Å². The molecule has 2 unspecified atom stereocenters. The number of aliphatic imine (C=N–C) groups is 1. The Morgan fingerprint density at radius 1 is 0.844 bits per heavy atom. The zero-order chi connectivity index (χ0) is 31.6. The molecular formula is C36H43Br2N4O3+. The Balaban J connectivity index is 1.57. The summed E-state index contributed by atoms with van der Waals surface area (Å²) in [6, 6.07) is 22.0. The monoisotopic (exact) mass is 737 g/mol. The van der Waals surface area contributed by atoms with E-state index in [0.717, 1.165) is 83.9 Å². The highest BCUT2D eigenvalue weighted by Gasteiger charge is 2.54. The average Bonchev–Trinajstić information content (AvgIpc) is 3.45. The molecule has 7 nitrogen and oxygen atoms in total. The van der Waals surface area contributed by atoms with Crippen LogP contribution in [0.1, 0.15) is 81.1 Å². The summed E-state index contributed by atoms with van der Waals surface area (Å²) in [4.78, 5) is 23.2. The largest absolute Gasteiger partial charge is 0.497 e. The number of urea groups is 1. The molecule has 3 aromatic carbocycles. The number of carbonyl (C=O) groups excluding carboxylic acids is 1. The van der Waals surface area contributed by atoms with Crippen LogP contribution in [0.15, 0.2) is 80.7 Å². The van der Waals surface area contributed by atoms with Gasteiger partial charge in [0.05, 0.1) is 24.8 Å². The third-order valence-corrected chi connectivity index (χ3v) is 10.3. The van der Waals surface area contributed by atoms with Crippen molar-refractivity contribution in [2.45, 2.75) is 70.6 Å². The lowest BCUT2D eigenvalue weighted by atomic mass is 9.93. The highest BCUT2D eigenvalue weighted by Crippen LogP contribution is 2.47. The van der Waals surface area contributed by atoms with Crippen LogP contribution in [-0.4, -0.2) is 65.8 Å². The highest BCUT2D eigenvalue weighted by molar-refractivity contribution is 9.10. The number of halogens is 2. The van der Waals surface area contributed by atoms with Gasteiger partial charge in [-0.15, -0.1) is 5.01 Å². The summed E-state index contributed by atoms with van der Waals surface area (Å²) in [5.74, 6) is 2.02. The third-order valence-electron chi connectivity index (χ3n) is 9.27. The first-order valence-corrected chi connectivity index (χ1v) is 17.8. The topological polar surface area (TPSA) is 54.4 Å². The SMILES string of the molecule is COc1ccc(C2=NC(c3ccc(Br)cc3)C(c3ccc(Br)cc3)N2C(=O)[N+]2(N3CCCCC3)CCCCC2)c(OC(C)C)c1. The Morgan fingerprint density at radius 2 is 1.44 bits per heavy atom. The number of hydrogen-bond acceptors (Lipinski definition) is 5. The van der Waals surface area contributed by atoms with Crippen LogP contribution in [0.25, 0.3) is 0 Å². The van der Waals surface area contributed by atoms with E-state index in [2.05, 4.69) is 85.4 Å². The molecule has 3 heterocycles. The summed E-state index contributed by atoms with van der Waals surface area (Å²) in [5, 5.41) is 2.47. The van der Waals surface area contributed by atoms with Crippen molar-refractivity contribution in [1.29, 1.82) is 0 Å². The van der Waals surface area contributed by atoms with Crippen molar-refractivity contribution in [2.24, 2.45) is 4.99 Å². The predicted molar refractivity (Wildman–Crippen MR) is 186 cm³/mol. The molecule has 0 radical (unpaired) electrons. The average molecular weight is 740 g/mol. The number of nitrogens with zero attached hydrogens (tertiary/aromatic N) is 4.